The largest absolute Gasteiger partial charge is 0.395 e. The number of nitrogens with zero attached hydrogens (tertiary/aromatic N) is 2. The molecule has 7 heteroatoms. The van der Waals surface area contributed by atoms with Crippen LogP contribution in [0, 0.1) is 10.1 Å². The maximum Gasteiger partial charge on any atom is 0.364 e. The molecule has 1 heterocycles. The highest BCUT2D eigenvalue weighted by Gasteiger charge is 2.11. The Kier molecular flexibility index (Phi) is 3.69. The third-order valence-corrected chi connectivity index (χ3v) is 1.59. The molecule has 0 aliphatic carbocycles. The number of nitrogens with one attached hydrogen (secondary N) is 1. The molecule has 0 bridgehead atoms. The molecule has 0 unspecified atom stereocenters. The summed E-state index contributed by atoms with van der Waals surface area (Å²) in [5, 5.41) is 21.2. The lowest BCUT2D eigenvalue weighted by atomic mass is 10.2. The van der Waals surface area contributed by atoms with Gasteiger partial charge in [-0.05, 0) is 16.0 Å². The van der Waals surface area contributed by atoms with Gasteiger partial charge in [0.25, 0.3) is 5.91 Å². The molecule has 0 aliphatic heterocycles. The minimum Gasteiger partial charge on any atom is -0.395 e. The van der Waals surface area contributed by atoms with E-state index in [-0.39, 0.29) is 24.5 Å². The number of amides is 1. The summed E-state index contributed by atoms with van der Waals surface area (Å²) in [5.74, 6) is -0.860. The number of aliphatic hydroxyl groups excluding tert-OH is 1. The van der Waals surface area contributed by atoms with Crippen molar-refractivity contribution in [3.8, 4) is 0 Å². The summed E-state index contributed by atoms with van der Waals surface area (Å²) in [4.78, 5) is 24.5. The Bertz CT molecular complexity index is 380. The van der Waals surface area contributed by atoms with Crippen LogP contribution >= 0.6 is 0 Å². The molecule has 1 amide bonds. The van der Waals surface area contributed by atoms with Crippen molar-refractivity contribution in [3.63, 3.8) is 0 Å². The number of rotatable bonds is 4. The number of carbonyl (C=O) groups is 1. The number of nitro groups is 1. The molecule has 0 aromatic carbocycles. The van der Waals surface area contributed by atoms with Crippen molar-refractivity contribution < 1.29 is 14.8 Å². The zero-order valence-electron chi connectivity index (χ0n) is 7.71. The van der Waals surface area contributed by atoms with Crippen LogP contribution in [0.1, 0.15) is 10.4 Å². The Morgan fingerprint density at radius 3 is 3.00 bits per heavy atom. The fourth-order valence-electron chi connectivity index (χ4n) is 0.931. The predicted molar refractivity (Wildman–Crippen MR) is 50.3 cm³/mol. The summed E-state index contributed by atoms with van der Waals surface area (Å²) < 4.78 is 0. The van der Waals surface area contributed by atoms with Crippen molar-refractivity contribution >= 4 is 11.7 Å². The van der Waals surface area contributed by atoms with E-state index < -0.39 is 10.8 Å². The van der Waals surface area contributed by atoms with Gasteiger partial charge in [0, 0.05) is 12.6 Å². The SMILES string of the molecule is O=C(NCCO)c1ccnc([N+](=O)[O-])c1. The second-order valence-corrected chi connectivity index (χ2v) is 2.64. The van der Waals surface area contributed by atoms with Gasteiger partial charge in [-0.1, -0.05) is 0 Å². The molecule has 15 heavy (non-hydrogen) atoms. The normalized spacial score (nSPS) is 9.67. The van der Waals surface area contributed by atoms with Crippen molar-refractivity contribution in [2.75, 3.05) is 13.2 Å². The Hall–Kier alpha value is -2.02. The van der Waals surface area contributed by atoms with E-state index >= 15 is 0 Å². The van der Waals surface area contributed by atoms with Crippen LogP contribution in [-0.4, -0.2) is 34.1 Å². The molecular formula is C8H9N3O4. The van der Waals surface area contributed by atoms with E-state index in [9.17, 15) is 14.9 Å². The van der Waals surface area contributed by atoms with Crippen LogP contribution in [0.2, 0.25) is 0 Å². The fraction of sp³-hybridized carbons (Fsp3) is 0.250. The highest BCUT2D eigenvalue weighted by Crippen LogP contribution is 2.08. The summed E-state index contributed by atoms with van der Waals surface area (Å²) in [6.45, 7) is -0.0755. The van der Waals surface area contributed by atoms with Crippen LogP contribution in [0.4, 0.5) is 5.82 Å². The van der Waals surface area contributed by atoms with Gasteiger partial charge in [0.1, 0.15) is 6.20 Å². The molecule has 0 saturated heterocycles. The highest BCUT2D eigenvalue weighted by molar-refractivity contribution is 5.94. The van der Waals surface area contributed by atoms with Gasteiger partial charge in [0.15, 0.2) is 0 Å². The topological polar surface area (TPSA) is 105 Å². The first-order valence-electron chi connectivity index (χ1n) is 4.14. The standard InChI is InChI=1S/C8H9N3O4/c12-4-3-10-8(13)6-1-2-9-7(5-6)11(14)15/h1-2,5,12H,3-4H2,(H,10,13). The maximum absolute atomic E-state index is 11.3. The van der Waals surface area contributed by atoms with Gasteiger partial charge >= 0.3 is 5.82 Å². The zero-order chi connectivity index (χ0) is 11.3. The van der Waals surface area contributed by atoms with Crippen LogP contribution < -0.4 is 5.32 Å². The zero-order valence-corrected chi connectivity index (χ0v) is 7.71. The van der Waals surface area contributed by atoms with E-state index in [0.29, 0.717) is 0 Å². The van der Waals surface area contributed by atoms with Crippen molar-refractivity contribution in [1.29, 1.82) is 0 Å². The van der Waals surface area contributed by atoms with E-state index in [2.05, 4.69) is 10.3 Å². The Morgan fingerprint density at radius 2 is 2.40 bits per heavy atom. The third-order valence-electron chi connectivity index (χ3n) is 1.59. The number of pyridine rings is 1. The molecule has 1 aromatic heterocycles. The number of aromatic nitrogens is 1. The van der Waals surface area contributed by atoms with Crippen molar-refractivity contribution in [1.82, 2.24) is 10.3 Å². The van der Waals surface area contributed by atoms with Gasteiger partial charge in [-0.3, -0.25) is 4.79 Å². The van der Waals surface area contributed by atoms with Crippen molar-refractivity contribution in [2.24, 2.45) is 0 Å². The smallest absolute Gasteiger partial charge is 0.364 e. The third kappa shape index (κ3) is 2.99. The van der Waals surface area contributed by atoms with Crippen LogP contribution in [0.3, 0.4) is 0 Å². The second-order valence-electron chi connectivity index (χ2n) is 2.64. The molecule has 1 aromatic rings. The molecule has 0 radical (unpaired) electrons. The summed E-state index contributed by atoms with van der Waals surface area (Å²) >= 11 is 0. The van der Waals surface area contributed by atoms with Crippen molar-refractivity contribution in [3.05, 3.63) is 34.0 Å². The lowest BCUT2D eigenvalue weighted by molar-refractivity contribution is -0.389. The summed E-state index contributed by atoms with van der Waals surface area (Å²) in [6, 6.07) is 2.44. The number of carbonyl (C=O) groups excluding carboxylic acids is 1. The summed E-state index contributed by atoms with van der Waals surface area (Å²) in [6.07, 6.45) is 1.19. The van der Waals surface area contributed by atoms with Crippen molar-refractivity contribution in [2.45, 2.75) is 0 Å². The Morgan fingerprint density at radius 1 is 1.67 bits per heavy atom. The quantitative estimate of drug-likeness (QED) is 0.526. The molecule has 7 nitrogen and oxygen atoms in total. The molecule has 1 rings (SSSR count). The molecule has 0 saturated carbocycles. The summed E-state index contributed by atoms with van der Waals surface area (Å²) in [7, 11) is 0. The molecular weight excluding hydrogens is 202 g/mol. The molecule has 0 fully saturated rings. The fourth-order valence-corrected chi connectivity index (χ4v) is 0.931. The van der Waals surface area contributed by atoms with Crippen LogP contribution in [0.15, 0.2) is 18.3 Å². The van der Waals surface area contributed by atoms with E-state index in [1.165, 1.54) is 12.3 Å². The minimum atomic E-state index is -0.678. The Balaban J connectivity index is 2.81. The van der Waals surface area contributed by atoms with Crippen LogP contribution in [0.25, 0.3) is 0 Å². The maximum atomic E-state index is 11.3. The summed E-state index contributed by atoms with van der Waals surface area (Å²) in [5.41, 5.74) is 0.144. The molecule has 0 aliphatic rings. The lowest BCUT2D eigenvalue weighted by Crippen LogP contribution is -2.26. The second kappa shape index (κ2) is 5.01. The number of hydrogen-bond acceptors (Lipinski definition) is 5. The Labute approximate surface area is 84.9 Å². The van der Waals surface area contributed by atoms with Gasteiger partial charge in [0.05, 0.1) is 12.2 Å². The first-order valence-corrected chi connectivity index (χ1v) is 4.14. The van der Waals surface area contributed by atoms with E-state index in [4.69, 9.17) is 5.11 Å². The van der Waals surface area contributed by atoms with E-state index in [1.54, 1.807) is 0 Å². The molecule has 2 N–H and O–H groups in total. The first-order chi connectivity index (χ1) is 7.15. The monoisotopic (exact) mass is 211 g/mol. The van der Waals surface area contributed by atoms with E-state index in [1.807, 2.05) is 0 Å². The predicted octanol–water partition coefficient (Wildman–Crippen LogP) is -0.288. The number of hydrogen-bond donors (Lipinski definition) is 2. The molecule has 0 spiro atoms. The van der Waals surface area contributed by atoms with Gasteiger partial charge in [0.2, 0.25) is 0 Å². The number of aliphatic hydroxyl groups is 1. The van der Waals surface area contributed by atoms with Gasteiger partial charge in [-0.2, -0.15) is 0 Å². The minimum absolute atomic E-state index is 0.106. The van der Waals surface area contributed by atoms with E-state index in [0.717, 1.165) is 6.07 Å². The van der Waals surface area contributed by atoms with Crippen LogP contribution in [0.5, 0.6) is 0 Å². The van der Waals surface area contributed by atoms with Crippen LogP contribution in [-0.2, 0) is 0 Å². The van der Waals surface area contributed by atoms with Gasteiger partial charge in [-0.15, -0.1) is 0 Å². The average molecular weight is 211 g/mol. The lowest BCUT2D eigenvalue weighted by Gasteiger charge is -2.01. The van der Waals surface area contributed by atoms with Gasteiger partial charge in [-0.25, -0.2) is 0 Å². The average Bonchev–Trinajstić information content (AvgIpc) is 2.26. The molecule has 80 valence electrons. The van der Waals surface area contributed by atoms with Gasteiger partial charge < -0.3 is 20.5 Å². The molecule has 0 atom stereocenters. The first kappa shape index (κ1) is 11.1. The highest BCUT2D eigenvalue weighted by atomic mass is 16.6.